The molecule has 0 bridgehead atoms. The Morgan fingerprint density at radius 2 is 1.90 bits per heavy atom. The van der Waals surface area contributed by atoms with Gasteiger partial charge < -0.3 is 9.72 Å². The van der Waals surface area contributed by atoms with E-state index in [0.717, 1.165) is 33.5 Å². The minimum atomic E-state index is -0.524. The zero-order valence-electron chi connectivity index (χ0n) is 15.9. The van der Waals surface area contributed by atoms with Crippen LogP contribution in [0.25, 0.3) is 10.9 Å². The van der Waals surface area contributed by atoms with Crippen molar-refractivity contribution in [3.63, 3.8) is 0 Å². The minimum Gasteiger partial charge on any atom is -0.497 e. The Balaban J connectivity index is 1.70. The van der Waals surface area contributed by atoms with Crippen LogP contribution in [0.5, 0.6) is 5.75 Å². The van der Waals surface area contributed by atoms with Crippen LogP contribution in [-0.4, -0.2) is 52.3 Å². The fourth-order valence-corrected chi connectivity index (χ4v) is 4.72. The third kappa shape index (κ3) is 2.63. The summed E-state index contributed by atoms with van der Waals surface area (Å²) < 4.78 is 5.28. The largest absolute Gasteiger partial charge is 0.497 e. The Labute approximate surface area is 173 Å². The van der Waals surface area contributed by atoms with Crippen LogP contribution in [0.2, 0.25) is 0 Å². The van der Waals surface area contributed by atoms with Crippen molar-refractivity contribution >= 4 is 34.4 Å². The lowest BCUT2D eigenvalue weighted by atomic mass is 9.89. The molecular formula is C22H20ClN3O3. The molecule has 2 unspecified atom stereocenters. The van der Waals surface area contributed by atoms with E-state index < -0.39 is 6.04 Å². The molecule has 1 fully saturated rings. The first-order chi connectivity index (χ1) is 14.1. The monoisotopic (exact) mass is 409 g/mol. The van der Waals surface area contributed by atoms with Gasteiger partial charge in [0.05, 0.1) is 7.11 Å². The highest BCUT2D eigenvalue weighted by molar-refractivity contribution is 6.18. The number of imide groups is 1. The number of ether oxygens (including phenoxy) is 1. The summed E-state index contributed by atoms with van der Waals surface area (Å²) in [5.41, 5.74) is 3.99. The van der Waals surface area contributed by atoms with E-state index in [1.807, 2.05) is 42.5 Å². The Hall–Kier alpha value is -2.99. The number of halogens is 1. The summed E-state index contributed by atoms with van der Waals surface area (Å²) in [6, 6.07) is 14.5. The molecule has 1 saturated heterocycles. The molecule has 0 radical (unpaired) electrons. The predicted octanol–water partition coefficient (Wildman–Crippen LogP) is 3.69. The molecule has 148 valence electrons. The summed E-state index contributed by atoms with van der Waals surface area (Å²) in [6.07, 6.45) is 0.495. The van der Waals surface area contributed by atoms with E-state index in [2.05, 4.69) is 11.1 Å². The molecule has 5 rings (SSSR count). The van der Waals surface area contributed by atoms with Crippen LogP contribution in [0.1, 0.15) is 22.9 Å². The maximum Gasteiger partial charge on any atom is 0.328 e. The number of urea groups is 1. The van der Waals surface area contributed by atoms with Crippen molar-refractivity contribution < 1.29 is 14.3 Å². The lowest BCUT2D eigenvalue weighted by Crippen LogP contribution is -2.44. The van der Waals surface area contributed by atoms with Crippen molar-refractivity contribution in [2.24, 2.45) is 0 Å². The van der Waals surface area contributed by atoms with E-state index in [4.69, 9.17) is 16.3 Å². The Kier molecular flexibility index (Phi) is 4.24. The number of para-hydroxylation sites is 1. The van der Waals surface area contributed by atoms with E-state index >= 15 is 0 Å². The van der Waals surface area contributed by atoms with E-state index in [1.54, 1.807) is 12.0 Å². The summed E-state index contributed by atoms with van der Waals surface area (Å²) in [4.78, 5) is 32.8. The first kappa shape index (κ1) is 18.1. The number of alkyl halides is 1. The molecule has 6 nitrogen and oxygen atoms in total. The van der Waals surface area contributed by atoms with E-state index in [-0.39, 0.29) is 30.4 Å². The number of hydrogen-bond donors (Lipinski definition) is 1. The highest BCUT2D eigenvalue weighted by atomic mass is 35.5. The molecule has 0 aliphatic carbocycles. The van der Waals surface area contributed by atoms with Gasteiger partial charge in [-0.15, -0.1) is 11.6 Å². The molecule has 3 aromatic rings. The number of nitrogens with zero attached hydrogens (tertiary/aromatic N) is 2. The molecule has 1 aromatic heterocycles. The average molecular weight is 410 g/mol. The summed E-state index contributed by atoms with van der Waals surface area (Å²) in [5, 5.41) is 1.09. The molecule has 2 aliphatic heterocycles. The zero-order valence-corrected chi connectivity index (χ0v) is 16.6. The topological polar surface area (TPSA) is 65.6 Å². The van der Waals surface area contributed by atoms with Crippen LogP contribution in [0, 0.1) is 0 Å². The Morgan fingerprint density at radius 3 is 2.62 bits per heavy atom. The van der Waals surface area contributed by atoms with Gasteiger partial charge in [0.1, 0.15) is 17.8 Å². The van der Waals surface area contributed by atoms with Crippen LogP contribution in [-0.2, 0) is 11.2 Å². The van der Waals surface area contributed by atoms with Crippen LogP contribution in [0.4, 0.5) is 4.79 Å². The molecule has 0 spiro atoms. The van der Waals surface area contributed by atoms with Gasteiger partial charge in [-0.1, -0.05) is 30.3 Å². The first-order valence-electron chi connectivity index (χ1n) is 9.57. The van der Waals surface area contributed by atoms with E-state index in [0.29, 0.717) is 6.42 Å². The van der Waals surface area contributed by atoms with Gasteiger partial charge in [-0.25, -0.2) is 4.79 Å². The molecule has 3 heterocycles. The lowest BCUT2D eigenvalue weighted by molar-refractivity contribution is -0.128. The van der Waals surface area contributed by atoms with Gasteiger partial charge in [0.15, 0.2) is 0 Å². The molecule has 0 saturated carbocycles. The van der Waals surface area contributed by atoms with Crippen LogP contribution in [0.15, 0.2) is 48.5 Å². The molecule has 1 N–H and O–H groups in total. The number of H-pyrrole nitrogens is 1. The maximum atomic E-state index is 13.2. The van der Waals surface area contributed by atoms with Gasteiger partial charge in [0, 0.05) is 35.4 Å². The van der Waals surface area contributed by atoms with Crippen molar-refractivity contribution in [1.82, 2.24) is 14.8 Å². The van der Waals surface area contributed by atoms with Crippen molar-refractivity contribution in [3.05, 3.63) is 65.4 Å². The molecule has 3 amide bonds. The molecule has 7 heteroatoms. The quantitative estimate of drug-likeness (QED) is 0.528. The number of hydrogen-bond acceptors (Lipinski definition) is 3. The maximum absolute atomic E-state index is 13.2. The molecule has 2 aliphatic rings. The summed E-state index contributed by atoms with van der Waals surface area (Å²) in [5.74, 6) is 0.787. The Morgan fingerprint density at radius 1 is 1.14 bits per heavy atom. The zero-order chi connectivity index (χ0) is 20.1. The normalized spacial score (nSPS) is 20.9. The molecule has 2 aromatic carbocycles. The number of benzene rings is 2. The van der Waals surface area contributed by atoms with Crippen molar-refractivity contribution in [3.8, 4) is 5.75 Å². The highest BCUT2D eigenvalue weighted by Gasteiger charge is 2.52. The van der Waals surface area contributed by atoms with Gasteiger partial charge in [-0.3, -0.25) is 14.6 Å². The number of aromatic nitrogens is 1. The second-order valence-corrected chi connectivity index (χ2v) is 7.71. The van der Waals surface area contributed by atoms with Crippen molar-refractivity contribution in [1.29, 1.82) is 0 Å². The van der Waals surface area contributed by atoms with Crippen LogP contribution < -0.4 is 4.74 Å². The van der Waals surface area contributed by atoms with Crippen LogP contribution >= 0.6 is 11.6 Å². The fraction of sp³-hybridized carbons (Fsp3) is 0.273. The minimum absolute atomic E-state index is 0.176. The highest BCUT2D eigenvalue weighted by Crippen LogP contribution is 2.44. The summed E-state index contributed by atoms with van der Waals surface area (Å²) in [7, 11) is 1.62. The van der Waals surface area contributed by atoms with Crippen LogP contribution in [0.3, 0.4) is 0 Å². The van der Waals surface area contributed by atoms with Gasteiger partial charge in [-0.05, 0) is 29.3 Å². The number of nitrogens with one attached hydrogen (secondary N) is 1. The number of aromatic amines is 1. The first-order valence-corrected chi connectivity index (χ1v) is 10.1. The third-order valence-corrected chi connectivity index (χ3v) is 6.04. The molecule has 29 heavy (non-hydrogen) atoms. The average Bonchev–Trinajstić information content (AvgIpc) is 3.23. The second kappa shape index (κ2) is 6.81. The smallest absolute Gasteiger partial charge is 0.328 e. The summed E-state index contributed by atoms with van der Waals surface area (Å²) >= 11 is 5.86. The van der Waals surface area contributed by atoms with Gasteiger partial charge in [0.2, 0.25) is 0 Å². The van der Waals surface area contributed by atoms with Crippen molar-refractivity contribution in [2.45, 2.75) is 18.5 Å². The standard InChI is InChI=1S/C22H20ClN3O3/c1-29-14-8-6-13(7-9-14)20-19-16(15-4-2-3-5-17(15)24-19)12-18-21(27)25(11-10-23)22(28)26(18)20/h2-9,18,20,24H,10-12H2,1H3. The SMILES string of the molecule is COc1ccc(C2c3[nH]c4ccccc4c3CC3C(=O)N(CCCl)C(=O)N32)cc1. The number of carbonyl (C=O) groups excluding carboxylic acids is 2. The fourth-order valence-electron chi connectivity index (χ4n) is 4.55. The van der Waals surface area contributed by atoms with Gasteiger partial charge in [-0.2, -0.15) is 0 Å². The summed E-state index contributed by atoms with van der Waals surface area (Å²) in [6.45, 7) is 0.218. The van der Waals surface area contributed by atoms with Gasteiger partial charge >= 0.3 is 6.03 Å². The lowest BCUT2D eigenvalue weighted by Gasteiger charge is -2.36. The number of methoxy groups -OCH3 is 1. The van der Waals surface area contributed by atoms with Crippen molar-refractivity contribution in [2.75, 3.05) is 19.5 Å². The Bertz CT molecular complexity index is 1110. The predicted molar refractivity (Wildman–Crippen MR) is 110 cm³/mol. The number of amides is 3. The second-order valence-electron chi connectivity index (χ2n) is 7.33. The van der Waals surface area contributed by atoms with E-state index in [1.165, 1.54) is 4.90 Å². The van der Waals surface area contributed by atoms with Gasteiger partial charge in [0.25, 0.3) is 5.91 Å². The number of carbonyl (C=O) groups is 2. The number of rotatable bonds is 4. The third-order valence-electron chi connectivity index (χ3n) is 5.87. The molecular weight excluding hydrogens is 390 g/mol. The number of fused-ring (bicyclic) bond motifs is 4. The van der Waals surface area contributed by atoms with E-state index in [9.17, 15) is 9.59 Å². The molecule has 2 atom stereocenters.